The van der Waals surface area contributed by atoms with Gasteiger partial charge in [-0.15, -0.1) is 0 Å². The van der Waals surface area contributed by atoms with Crippen LogP contribution in [0.25, 0.3) is 0 Å². The van der Waals surface area contributed by atoms with Crippen molar-refractivity contribution in [2.24, 2.45) is 17.6 Å². The van der Waals surface area contributed by atoms with Crippen LogP contribution in [-0.4, -0.2) is 40.6 Å². The van der Waals surface area contributed by atoms with E-state index in [2.05, 4.69) is 5.32 Å². The number of nitrogens with two attached hydrogens (primary N) is 2. The van der Waals surface area contributed by atoms with E-state index in [-0.39, 0.29) is 30.2 Å². The van der Waals surface area contributed by atoms with Crippen LogP contribution in [0, 0.1) is 11.8 Å². The van der Waals surface area contributed by atoms with Gasteiger partial charge in [0.1, 0.15) is 17.9 Å². The van der Waals surface area contributed by atoms with E-state index < -0.39 is 29.3 Å². The van der Waals surface area contributed by atoms with Crippen molar-refractivity contribution in [2.75, 3.05) is 5.32 Å². The highest BCUT2D eigenvalue weighted by atomic mass is 35.5. The van der Waals surface area contributed by atoms with Gasteiger partial charge in [0, 0.05) is 29.5 Å². The summed E-state index contributed by atoms with van der Waals surface area (Å²) in [5.74, 6) is -2.97. The van der Waals surface area contributed by atoms with Gasteiger partial charge in [0.05, 0.1) is 5.69 Å². The molecule has 0 aromatic heterocycles. The fourth-order valence-electron chi connectivity index (χ4n) is 5.15. The van der Waals surface area contributed by atoms with Gasteiger partial charge in [-0.1, -0.05) is 18.5 Å². The summed E-state index contributed by atoms with van der Waals surface area (Å²) in [7, 11) is 0. The number of likely N-dealkylation sites (tertiary alicyclic amines) is 1. The van der Waals surface area contributed by atoms with Crippen molar-refractivity contribution in [1.82, 2.24) is 4.90 Å². The first kappa shape index (κ1) is 19.8. The molecule has 4 rings (SSSR count). The van der Waals surface area contributed by atoms with Crippen molar-refractivity contribution < 1.29 is 24.5 Å². The predicted octanol–water partition coefficient (Wildman–Crippen LogP) is 0.0982. The molecule has 9 heteroatoms. The fourth-order valence-corrected chi connectivity index (χ4v) is 5.32. The van der Waals surface area contributed by atoms with E-state index in [0.717, 1.165) is 0 Å². The summed E-state index contributed by atoms with van der Waals surface area (Å²) in [6.07, 6.45) is 1.01. The number of amides is 4. The Balaban J connectivity index is 1.85. The average Bonchev–Trinajstić information content (AvgIpc) is 3.25. The third kappa shape index (κ3) is 2.69. The molecule has 2 saturated heterocycles. The largest absolute Gasteiger partial charge is 0.370 e. The molecule has 3 heterocycles. The number of primary amides is 1. The molecule has 8 nitrogen and oxygen atoms in total. The number of hydrogen-bond acceptors (Lipinski definition) is 4. The topological polar surface area (TPSA) is 126 Å². The second-order valence-electron chi connectivity index (χ2n) is 8.16. The summed E-state index contributed by atoms with van der Waals surface area (Å²) >= 11 is 6.20. The number of nitrogens with zero attached hydrogens (tertiary/aromatic N) is 1. The number of quaternary nitrogens is 1. The van der Waals surface area contributed by atoms with Crippen LogP contribution >= 0.6 is 11.6 Å². The standard InChI is InChI=1S/C20H23ClN4O4/c1-3-9(2)25-17(27)15-13(6-7-14(22)26)24-20(16(15)18(25)28)11-8-10(21)4-5-12(11)23-19(20)29/h4-5,8-9,13,15-16,24H,3,6-7H2,1-2H3,(H2,22,26)(H,23,29)/p+1/t9-,13-,15-,16+,20-/m1/s1. The Morgan fingerprint density at radius 3 is 2.72 bits per heavy atom. The van der Waals surface area contributed by atoms with Crippen LogP contribution in [0.4, 0.5) is 5.69 Å². The number of nitrogens with one attached hydrogen (secondary N) is 1. The van der Waals surface area contributed by atoms with Crippen LogP contribution in [-0.2, 0) is 24.7 Å². The first-order chi connectivity index (χ1) is 13.7. The summed E-state index contributed by atoms with van der Waals surface area (Å²) in [5, 5.41) is 5.08. The van der Waals surface area contributed by atoms with Crippen LogP contribution in [0.15, 0.2) is 18.2 Å². The molecule has 4 amide bonds. The van der Waals surface area contributed by atoms with E-state index in [1.165, 1.54) is 4.90 Å². The molecule has 1 spiro atoms. The Kier molecular flexibility index (Phi) is 4.66. The second-order valence-corrected chi connectivity index (χ2v) is 8.59. The van der Waals surface area contributed by atoms with Gasteiger partial charge in [-0.05, 0) is 31.5 Å². The number of benzene rings is 1. The van der Waals surface area contributed by atoms with Gasteiger partial charge < -0.3 is 16.4 Å². The van der Waals surface area contributed by atoms with E-state index in [0.29, 0.717) is 29.1 Å². The molecule has 3 aliphatic heterocycles. The molecule has 0 bridgehead atoms. The highest BCUT2D eigenvalue weighted by Gasteiger charge is 2.74. The van der Waals surface area contributed by atoms with Crippen LogP contribution < -0.4 is 16.4 Å². The van der Waals surface area contributed by atoms with Crippen molar-refractivity contribution in [3.63, 3.8) is 0 Å². The average molecular weight is 420 g/mol. The van der Waals surface area contributed by atoms with Gasteiger partial charge in [0.2, 0.25) is 23.3 Å². The van der Waals surface area contributed by atoms with Crippen molar-refractivity contribution in [1.29, 1.82) is 0 Å². The molecule has 1 aromatic carbocycles. The molecular weight excluding hydrogens is 396 g/mol. The number of fused-ring (bicyclic) bond motifs is 4. The highest BCUT2D eigenvalue weighted by molar-refractivity contribution is 6.31. The molecule has 0 unspecified atom stereocenters. The number of carbonyl (C=O) groups excluding carboxylic acids is 4. The molecule has 2 fully saturated rings. The zero-order valence-corrected chi connectivity index (χ0v) is 17.0. The molecule has 0 saturated carbocycles. The third-order valence-corrected chi connectivity index (χ3v) is 6.86. The quantitative estimate of drug-likeness (QED) is 0.585. The SMILES string of the molecule is CC[C@@H](C)N1C(=O)[C@H]2[C@@H](C1=O)[C@@]1([NH2+][C@@H]2CCC(N)=O)C(=O)Nc2ccc(Cl)cc21. The smallest absolute Gasteiger partial charge is 0.291 e. The van der Waals surface area contributed by atoms with Crippen LogP contribution in [0.1, 0.15) is 38.7 Å². The van der Waals surface area contributed by atoms with Crippen LogP contribution in [0.3, 0.4) is 0 Å². The van der Waals surface area contributed by atoms with E-state index >= 15 is 0 Å². The Morgan fingerprint density at radius 2 is 2.07 bits per heavy atom. The minimum atomic E-state index is -1.28. The highest BCUT2D eigenvalue weighted by Crippen LogP contribution is 2.50. The second kappa shape index (κ2) is 6.81. The van der Waals surface area contributed by atoms with Gasteiger partial charge in [-0.3, -0.25) is 24.1 Å². The molecule has 1 aromatic rings. The molecule has 154 valence electrons. The molecule has 0 radical (unpaired) electrons. The van der Waals surface area contributed by atoms with E-state index in [9.17, 15) is 19.2 Å². The summed E-state index contributed by atoms with van der Waals surface area (Å²) < 4.78 is 0. The molecule has 0 aliphatic carbocycles. The fraction of sp³-hybridized carbons (Fsp3) is 0.500. The lowest BCUT2D eigenvalue weighted by atomic mass is 9.76. The lowest BCUT2D eigenvalue weighted by Crippen LogP contribution is -2.99. The maximum absolute atomic E-state index is 13.5. The number of halogens is 1. The normalized spacial score (nSPS) is 31.2. The maximum Gasteiger partial charge on any atom is 0.291 e. The molecule has 29 heavy (non-hydrogen) atoms. The lowest BCUT2D eigenvalue weighted by molar-refractivity contribution is -0.734. The van der Waals surface area contributed by atoms with Gasteiger partial charge in [-0.2, -0.15) is 0 Å². The predicted molar refractivity (Wildman–Crippen MR) is 104 cm³/mol. The molecular formula is C20H24ClN4O4+. The zero-order chi connectivity index (χ0) is 21.1. The number of carbonyl (C=O) groups is 4. The number of imide groups is 1. The number of anilines is 1. The van der Waals surface area contributed by atoms with E-state index in [4.69, 9.17) is 17.3 Å². The Hall–Kier alpha value is -2.45. The Morgan fingerprint density at radius 1 is 1.34 bits per heavy atom. The Labute approximate surface area is 173 Å². The zero-order valence-electron chi connectivity index (χ0n) is 16.3. The van der Waals surface area contributed by atoms with Crippen LogP contribution in [0.5, 0.6) is 0 Å². The van der Waals surface area contributed by atoms with Crippen molar-refractivity contribution in [3.05, 3.63) is 28.8 Å². The summed E-state index contributed by atoms with van der Waals surface area (Å²) in [4.78, 5) is 52.7. The summed E-state index contributed by atoms with van der Waals surface area (Å²) in [6.45, 7) is 3.73. The van der Waals surface area contributed by atoms with E-state index in [1.807, 2.05) is 13.8 Å². The molecule has 5 atom stereocenters. The lowest BCUT2D eigenvalue weighted by Gasteiger charge is -2.28. The third-order valence-electron chi connectivity index (χ3n) is 6.62. The first-order valence-corrected chi connectivity index (χ1v) is 10.2. The maximum atomic E-state index is 13.5. The van der Waals surface area contributed by atoms with Crippen molar-refractivity contribution in [3.8, 4) is 0 Å². The van der Waals surface area contributed by atoms with Crippen LogP contribution in [0.2, 0.25) is 5.02 Å². The minimum absolute atomic E-state index is 0.0787. The Bertz CT molecular complexity index is 935. The number of rotatable bonds is 5. The summed E-state index contributed by atoms with van der Waals surface area (Å²) in [6, 6.07) is 4.38. The van der Waals surface area contributed by atoms with Gasteiger partial charge in [0.25, 0.3) is 5.91 Å². The summed E-state index contributed by atoms with van der Waals surface area (Å²) in [5.41, 5.74) is 5.25. The monoisotopic (exact) mass is 419 g/mol. The van der Waals surface area contributed by atoms with Crippen molar-refractivity contribution in [2.45, 2.75) is 50.7 Å². The van der Waals surface area contributed by atoms with Gasteiger partial charge in [-0.25, -0.2) is 0 Å². The number of hydrogen-bond donors (Lipinski definition) is 3. The van der Waals surface area contributed by atoms with E-state index in [1.54, 1.807) is 23.5 Å². The first-order valence-electron chi connectivity index (χ1n) is 9.85. The van der Waals surface area contributed by atoms with Crippen molar-refractivity contribution >= 4 is 40.9 Å². The minimum Gasteiger partial charge on any atom is -0.370 e. The van der Waals surface area contributed by atoms with Gasteiger partial charge in [0.15, 0.2) is 0 Å². The van der Waals surface area contributed by atoms with Gasteiger partial charge >= 0.3 is 0 Å². The molecule has 3 aliphatic rings. The molecule has 5 N–H and O–H groups in total.